The second-order valence-electron chi connectivity index (χ2n) is 4.96. The van der Waals surface area contributed by atoms with E-state index in [0.29, 0.717) is 13.0 Å². The van der Waals surface area contributed by atoms with Gasteiger partial charge in [-0.1, -0.05) is 18.2 Å². The Balaban J connectivity index is 1.84. The highest BCUT2D eigenvalue weighted by Crippen LogP contribution is 2.16. The van der Waals surface area contributed by atoms with Crippen LogP contribution in [0.15, 0.2) is 53.7 Å². The average molecular weight is 300 g/mol. The minimum atomic E-state index is 0.160. The van der Waals surface area contributed by atoms with E-state index in [1.54, 1.807) is 22.9 Å². The third-order valence-corrected chi connectivity index (χ3v) is 4.10. The number of hydrogen-bond donors (Lipinski definition) is 0. The molecule has 1 aromatic heterocycles. The van der Waals surface area contributed by atoms with Crippen LogP contribution < -0.4 is 0 Å². The van der Waals surface area contributed by atoms with Gasteiger partial charge in [0.15, 0.2) is 0 Å². The highest BCUT2D eigenvalue weighted by atomic mass is 32.2. The molecule has 2 rings (SSSR count). The van der Waals surface area contributed by atoms with Crippen molar-refractivity contribution in [1.82, 2.24) is 9.88 Å². The van der Waals surface area contributed by atoms with Crippen LogP contribution in [0.2, 0.25) is 0 Å². The Morgan fingerprint density at radius 1 is 1.19 bits per heavy atom. The number of pyridine rings is 1. The Bertz CT molecular complexity index is 569. The van der Waals surface area contributed by atoms with Gasteiger partial charge in [0.1, 0.15) is 0 Å². The summed E-state index contributed by atoms with van der Waals surface area (Å²) in [5.41, 5.74) is 2.26. The van der Waals surface area contributed by atoms with E-state index < -0.39 is 0 Å². The zero-order chi connectivity index (χ0) is 15.1. The van der Waals surface area contributed by atoms with Crippen molar-refractivity contribution in [3.63, 3.8) is 0 Å². The average Bonchev–Trinajstić information content (AvgIpc) is 2.54. The number of benzene rings is 1. The SMILES string of the molecule is CSc1ccc(CN(C)C(=O)CCc2cccnc2)cc1. The zero-order valence-corrected chi connectivity index (χ0v) is 13.3. The minimum Gasteiger partial charge on any atom is -0.341 e. The number of carbonyl (C=O) groups excluding carboxylic acids is 1. The van der Waals surface area contributed by atoms with Crippen molar-refractivity contribution < 1.29 is 4.79 Å². The van der Waals surface area contributed by atoms with E-state index in [9.17, 15) is 4.79 Å². The van der Waals surface area contributed by atoms with Crippen LogP contribution in [0.5, 0.6) is 0 Å². The Labute approximate surface area is 130 Å². The van der Waals surface area contributed by atoms with Crippen molar-refractivity contribution in [2.24, 2.45) is 0 Å². The molecule has 1 aromatic carbocycles. The first-order valence-electron chi connectivity index (χ1n) is 6.95. The third-order valence-electron chi connectivity index (χ3n) is 3.35. The summed E-state index contributed by atoms with van der Waals surface area (Å²) in [6.45, 7) is 0.653. The molecule has 0 unspecified atom stereocenters. The standard InChI is InChI=1S/C17H20N2OS/c1-19(13-15-5-8-16(21-2)9-6-15)17(20)10-7-14-4-3-11-18-12-14/h3-6,8-9,11-12H,7,10,13H2,1-2H3. The summed E-state index contributed by atoms with van der Waals surface area (Å²) in [5, 5.41) is 0. The molecule has 2 aromatic rings. The molecular weight excluding hydrogens is 280 g/mol. The summed E-state index contributed by atoms with van der Waals surface area (Å²) in [6, 6.07) is 12.2. The number of amides is 1. The van der Waals surface area contributed by atoms with Crippen LogP contribution >= 0.6 is 11.8 Å². The Kier molecular flexibility index (Phi) is 5.81. The maximum absolute atomic E-state index is 12.1. The second-order valence-corrected chi connectivity index (χ2v) is 5.84. The van der Waals surface area contributed by atoms with Crippen LogP contribution in [-0.2, 0) is 17.8 Å². The molecule has 0 N–H and O–H groups in total. The summed E-state index contributed by atoms with van der Waals surface area (Å²) in [5.74, 6) is 0.160. The molecular formula is C17H20N2OS. The molecule has 0 radical (unpaired) electrons. The molecule has 110 valence electrons. The highest BCUT2D eigenvalue weighted by molar-refractivity contribution is 7.98. The number of aromatic nitrogens is 1. The molecule has 0 fully saturated rings. The van der Waals surface area contributed by atoms with Crippen molar-refractivity contribution >= 4 is 17.7 Å². The fraction of sp³-hybridized carbons (Fsp3) is 0.294. The maximum atomic E-state index is 12.1. The number of hydrogen-bond acceptors (Lipinski definition) is 3. The molecule has 21 heavy (non-hydrogen) atoms. The van der Waals surface area contributed by atoms with E-state index >= 15 is 0 Å². The Morgan fingerprint density at radius 2 is 1.95 bits per heavy atom. The zero-order valence-electron chi connectivity index (χ0n) is 12.5. The number of rotatable bonds is 6. The Morgan fingerprint density at radius 3 is 2.57 bits per heavy atom. The third kappa shape index (κ3) is 4.90. The minimum absolute atomic E-state index is 0.160. The number of carbonyl (C=O) groups is 1. The lowest BCUT2D eigenvalue weighted by Crippen LogP contribution is -2.26. The molecule has 1 heterocycles. The van der Waals surface area contributed by atoms with Gasteiger partial charge >= 0.3 is 0 Å². The van der Waals surface area contributed by atoms with Crippen molar-refractivity contribution in [1.29, 1.82) is 0 Å². The number of thioether (sulfide) groups is 1. The quantitative estimate of drug-likeness (QED) is 0.767. The van der Waals surface area contributed by atoms with E-state index in [0.717, 1.165) is 17.5 Å². The van der Waals surface area contributed by atoms with Crippen molar-refractivity contribution in [3.05, 3.63) is 59.9 Å². The first-order chi connectivity index (χ1) is 10.2. The first-order valence-corrected chi connectivity index (χ1v) is 8.17. The van der Waals surface area contributed by atoms with Gasteiger partial charge in [-0.2, -0.15) is 0 Å². The molecule has 3 nitrogen and oxygen atoms in total. The lowest BCUT2D eigenvalue weighted by molar-refractivity contribution is -0.130. The largest absolute Gasteiger partial charge is 0.341 e. The summed E-state index contributed by atoms with van der Waals surface area (Å²) in [4.78, 5) is 19.2. The van der Waals surface area contributed by atoms with Crippen LogP contribution in [0.3, 0.4) is 0 Å². The van der Waals surface area contributed by atoms with Gasteiger partial charge in [-0.15, -0.1) is 11.8 Å². The van der Waals surface area contributed by atoms with Crippen LogP contribution in [0.1, 0.15) is 17.5 Å². The smallest absolute Gasteiger partial charge is 0.222 e. The van der Waals surface area contributed by atoms with Gasteiger partial charge in [0, 0.05) is 37.3 Å². The fourth-order valence-corrected chi connectivity index (χ4v) is 2.49. The predicted octanol–water partition coefficient (Wildman–Crippen LogP) is 3.39. The number of aryl methyl sites for hydroxylation is 1. The fourth-order valence-electron chi connectivity index (χ4n) is 2.08. The van der Waals surface area contributed by atoms with E-state index in [4.69, 9.17) is 0 Å². The molecule has 0 aliphatic carbocycles. The van der Waals surface area contributed by atoms with Gasteiger partial charge in [0.25, 0.3) is 0 Å². The monoisotopic (exact) mass is 300 g/mol. The van der Waals surface area contributed by atoms with E-state index in [1.807, 2.05) is 25.4 Å². The molecule has 0 spiro atoms. The summed E-state index contributed by atoms with van der Waals surface area (Å²) >= 11 is 1.72. The van der Waals surface area contributed by atoms with Crippen LogP contribution in [-0.4, -0.2) is 29.1 Å². The van der Waals surface area contributed by atoms with Crippen molar-refractivity contribution in [2.75, 3.05) is 13.3 Å². The van der Waals surface area contributed by atoms with Crippen molar-refractivity contribution in [2.45, 2.75) is 24.3 Å². The molecule has 0 bridgehead atoms. The summed E-state index contributed by atoms with van der Waals surface area (Å²) < 4.78 is 0. The predicted molar refractivity (Wildman–Crippen MR) is 87.3 cm³/mol. The summed E-state index contributed by atoms with van der Waals surface area (Å²) in [6.07, 6.45) is 6.88. The molecule has 0 saturated heterocycles. The van der Waals surface area contributed by atoms with E-state index in [-0.39, 0.29) is 5.91 Å². The Hall–Kier alpha value is -1.81. The van der Waals surface area contributed by atoms with Crippen LogP contribution in [0.25, 0.3) is 0 Å². The molecule has 0 saturated carbocycles. The number of nitrogens with zero attached hydrogens (tertiary/aromatic N) is 2. The van der Waals surface area contributed by atoms with E-state index in [2.05, 4.69) is 35.5 Å². The van der Waals surface area contributed by atoms with Crippen molar-refractivity contribution in [3.8, 4) is 0 Å². The molecule has 1 amide bonds. The van der Waals surface area contributed by atoms with Gasteiger partial charge in [-0.25, -0.2) is 0 Å². The highest BCUT2D eigenvalue weighted by Gasteiger charge is 2.09. The lowest BCUT2D eigenvalue weighted by atomic mass is 10.1. The maximum Gasteiger partial charge on any atom is 0.222 e. The second kappa shape index (κ2) is 7.84. The first kappa shape index (κ1) is 15.6. The molecule has 0 aliphatic heterocycles. The van der Waals surface area contributed by atoms with Gasteiger partial charge in [-0.05, 0) is 42.0 Å². The van der Waals surface area contributed by atoms with Gasteiger partial charge in [0.05, 0.1) is 0 Å². The van der Waals surface area contributed by atoms with Crippen LogP contribution in [0, 0.1) is 0 Å². The normalized spacial score (nSPS) is 10.4. The molecule has 4 heteroatoms. The molecule has 0 aliphatic rings. The van der Waals surface area contributed by atoms with Gasteiger partial charge < -0.3 is 4.90 Å². The molecule has 0 atom stereocenters. The van der Waals surface area contributed by atoms with E-state index in [1.165, 1.54) is 4.90 Å². The van der Waals surface area contributed by atoms with Gasteiger partial charge in [0.2, 0.25) is 5.91 Å². The summed E-state index contributed by atoms with van der Waals surface area (Å²) in [7, 11) is 1.86. The lowest BCUT2D eigenvalue weighted by Gasteiger charge is -2.17. The van der Waals surface area contributed by atoms with Gasteiger partial charge in [-0.3, -0.25) is 9.78 Å². The van der Waals surface area contributed by atoms with Crippen LogP contribution in [0.4, 0.5) is 0 Å². The topological polar surface area (TPSA) is 33.2 Å².